The van der Waals surface area contributed by atoms with Crippen molar-refractivity contribution in [1.29, 1.82) is 0 Å². The zero-order valence-corrected chi connectivity index (χ0v) is 13.8. The number of aromatic nitrogens is 2. The zero-order chi connectivity index (χ0) is 17.1. The molecule has 0 bridgehead atoms. The van der Waals surface area contributed by atoms with E-state index in [4.69, 9.17) is 0 Å². The van der Waals surface area contributed by atoms with Crippen molar-refractivity contribution in [1.82, 2.24) is 9.55 Å². The summed E-state index contributed by atoms with van der Waals surface area (Å²) in [6.07, 6.45) is 0. The molecule has 0 saturated carbocycles. The number of ketones is 1. The molecular weight excluding hydrogens is 327 g/mol. The van der Waals surface area contributed by atoms with Gasteiger partial charge in [-0.1, -0.05) is 36.0 Å². The summed E-state index contributed by atoms with van der Waals surface area (Å²) in [4.78, 5) is 29.2. The van der Waals surface area contributed by atoms with Crippen LogP contribution in [0.5, 0.6) is 0 Å². The Balaban J connectivity index is 1.91. The van der Waals surface area contributed by atoms with E-state index in [0.717, 1.165) is 11.8 Å². The Morgan fingerprint density at radius 3 is 2.62 bits per heavy atom. The first-order valence-corrected chi connectivity index (χ1v) is 8.50. The lowest BCUT2D eigenvalue weighted by Crippen LogP contribution is -2.22. The second kappa shape index (κ2) is 6.97. The molecule has 122 valence electrons. The van der Waals surface area contributed by atoms with Crippen molar-refractivity contribution in [3.63, 3.8) is 0 Å². The molecule has 0 unspecified atom stereocenters. The van der Waals surface area contributed by atoms with Gasteiger partial charge in [-0.25, -0.2) is 9.37 Å². The summed E-state index contributed by atoms with van der Waals surface area (Å²) in [5.74, 6) is -0.850. The lowest BCUT2D eigenvalue weighted by atomic mass is 10.1. The van der Waals surface area contributed by atoms with E-state index in [-0.39, 0.29) is 22.7 Å². The molecule has 0 amide bonds. The van der Waals surface area contributed by atoms with Crippen molar-refractivity contribution in [2.24, 2.45) is 0 Å². The topological polar surface area (TPSA) is 52.0 Å². The highest BCUT2D eigenvalue weighted by atomic mass is 32.2. The van der Waals surface area contributed by atoms with Crippen LogP contribution in [0.1, 0.15) is 17.3 Å². The first-order valence-electron chi connectivity index (χ1n) is 7.52. The number of thioether (sulfide) groups is 1. The normalized spacial score (nSPS) is 10.9. The molecule has 0 fully saturated rings. The van der Waals surface area contributed by atoms with Crippen LogP contribution in [0, 0.1) is 5.82 Å². The molecule has 0 aliphatic carbocycles. The van der Waals surface area contributed by atoms with Gasteiger partial charge in [-0.3, -0.25) is 14.2 Å². The molecule has 6 heteroatoms. The molecule has 0 radical (unpaired) electrons. The maximum absolute atomic E-state index is 13.7. The summed E-state index contributed by atoms with van der Waals surface area (Å²) in [6, 6.07) is 13.0. The van der Waals surface area contributed by atoms with Gasteiger partial charge in [0.25, 0.3) is 5.56 Å². The minimum atomic E-state index is -0.539. The van der Waals surface area contributed by atoms with E-state index in [1.54, 1.807) is 30.3 Å². The van der Waals surface area contributed by atoms with E-state index < -0.39 is 5.82 Å². The zero-order valence-electron chi connectivity index (χ0n) is 13.0. The SMILES string of the molecule is CCn1c(SCC(=O)c2ccccc2F)nc2ccccc2c1=O. The number of carbonyl (C=O) groups excluding carboxylic acids is 1. The van der Waals surface area contributed by atoms with E-state index in [0.29, 0.717) is 22.6 Å². The number of fused-ring (bicyclic) bond motifs is 1. The third-order valence-corrected chi connectivity index (χ3v) is 4.63. The smallest absolute Gasteiger partial charge is 0.262 e. The fourth-order valence-corrected chi connectivity index (χ4v) is 3.38. The molecule has 24 heavy (non-hydrogen) atoms. The number of hydrogen-bond acceptors (Lipinski definition) is 4. The predicted octanol–water partition coefficient (Wildman–Crippen LogP) is 3.53. The Hall–Kier alpha value is -2.47. The van der Waals surface area contributed by atoms with E-state index in [9.17, 15) is 14.0 Å². The maximum atomic E-state index is 13.7. The Kier molecular flexibility index (Phi) is 4.76. The molecule has 0 aliphatic heterocycles. The maximum Gasteiger partial charge on any atom is 0.262 e. The first-order chi connectivity index (χ1) is 11.6. The monoisotopic (exact) mass is 342 g/mol. The number of rotatable bonds is 5. The van der Waals surface area contributed by atoms with E-state index in [1.165, 1.54) is 16.7 Å². The van der Waals surface area contributed by atoms with Crippen molar-refractivity contribution < 1.29 is 9.18 Å². The molecule has 2 aromatic carbocycles. The van der Waals surface area contributed by atoms with Crippen LogP contribution < -0.4 is 5.56 Å². The van der Waals surface area contributed by atoms with Gasteiger partial charge >= 0.3 is 0 Å². The van der Waals surface area contributed by atoms with Crippen molar-refractivity contribution in [3.05, 3.63) is 70.3 Å². The van der Waals surface area contributed by atoms with Crippen LogP contribution in [0.25, 0.3) is 10.9 Å². The molecule has 0 saturated heterocycles. The van der Waals surface area contributed by atoms with Crippen molar-refractivity contribution >= 4 is 28.4 Å². The number of halogens is 1. The van der Waals surface area contributed by atoms with Crippen LogP contribution in [0.15, 0.2) is 58.5 Å². The van der Waals surface area contributed by atoms with Gasteiger partial charge in [-0.2, -0.15) is 0 Å². The highest BCUT2D eigenvalue weighted by Crippen LogP contribution is 2.20. The molecule has 1 heterocycles. The van der Waals surface area contributed by atoms with Crippen LogP contribution in [-0.4, -0.2) is 21.1 Å². The average Bonchev–Trinajstić information content (AvgIpc) is 2.60. The fourth-order valence-electron chi connectivity index (χ4n) is 2.43. The lowest BCUT2D eigenvalue weighted by molar-refractivity contribution is 0.101. The van der Waals surface area contributed by atoms with Gasteiger partial charge in [0.2, 0.25) is 0 Å². The minimum absolute atomic E-state index is 0.0196. The summed E-state index contributed by atoms with van der Waals surface area (Å²) in [6.45, 7) is 2.30. The van der Waals surface area contributed by atoms with Crippen LogP contribution in [-0.2, 0) is 6.54 Å². The molecule has 4 nitrogen and oxygen atoms in total. The molecule has 3 aromatic rings. The summed E-state index contributed by atoms with van der Waals surface area (Å²) in [7, 11) is 0. The number of para-hydroxylation sites is 1. The Morgan fingerprint density at radius 2 is 1.88 bits per heavy atom. The van der Waals surface area contributed by atoms with Crippen LogP contribution in [0.4, 0.5) is 4.39 Å². The number of Topliss-reactive ketones (excluding diaryl/α,β-unsaturated/α-hetero) is 1. The molecule has 3 rings (SSSR count). The van der Waals surface area contributed by atoms with Gasteiger partial charge in [0.15, 0.2) is 10.9 Å². The average molecular weight is 342 g/mol. The Labute approximate surface area is 142 Å². The largest absolute Gasteiger partial charge is 0.293 e. The van der Waals surface area contributed by atoms with Gasteiger partial charge in [0.05, 0.1) is 22.2 Å². The van der Waals surface area contributed by atoms with Crippen molar-refractivity contribution in [2.45, 2.75) is 18.6 Å². The molecule has 0 N–H and O–H groups in total. The second-order valence-electron chi connectivity index (χ2n) is 5.15. The minimum Gasteiger partial charge on any atom is -0.293 e. The van der Waals surface area contributed by atoms with Gasteiger partial charge in [0, 0.05) is 6.54 Å². The second-order valence-corrected chi connectivity index (χ2v) is 6.10. The fraction of sp³-hybridized carbons (Fsp3) is 0.167. The summed E-state index contributed by atoms with van der Waals surface area (Å²) in [5.41, 5.74) is 0.508. The predicted molar refractivity (Wildman–Crippen MR) is 93.1 cm³/mol. The van der Waals surface area contributed by atoms with Crippen molar-refractivity contribution in [2.75, 3.05) is 5.75 Å². The molecule has 0 spiro atoms. The van der Waals surface area contributed by atoms with E-state index in [2.05, 4.69) is 4.98 Å². The highest BCUT2D eigenvalue weighted by molar-refractivity contribution is 7.99. The van der Waals surface area contributed by atoms with Gasteiger partial charge in [-0.05, 0) is 31.2 Å². The molecular formula is C18H15FN2O2S. The van der Waals surface area contributed by atoms with Gasteiger partial charge < -0.3 is 0 Å². The van der Waals surface area contributed by atoms with Gasteiger partial charge in [-0.15, -0.1) is 0 Å². The molecule has 0 aliphatic rings. The first kappa shape index (κ1) is 16.4. The highest BCUT2D eigenvalue weighted by Gasteiger charge is 2.15. The molecule has 1 aromatic heterocycles. The van der Waals surface area contributed by atoms with E-state index in [1.807, 2.05) is 13.0 Å². The summed E-state index contributed by atoms with van der Waals surface area (Å²) >= 11 is 1.15. The quantitative estimate of drug-likeness (QED) is 0.404. The molecule has 0 atom stereocenters. The van der Waals surface area contributed by atoms with Crippen LogP contribution >= 0.6 is 11.8 Å². The third kappa shape index (κ3) is 3.10. The van der Waals surface area contributed by atoms with Gasteiger partial charge in [0.1, 0.15) is 5.82 Å². The summed E-state index contributed by atoms with van der Waals surface area (Å²) < 4.78 is 15.2. The van der Waals surface area contributed by atoms with Crippen LogP contribution in [0.3, 0.4) is 0 Å². The van der Waals surface area contributed by atoms with E-state index >= 15 is 0 Å². The number of carbonyl (C=O) groups is 1. The standard InChI is InChI=1S/C18H15FN2O2S/c1-2-21-17(23)13-8-4-6-10-15(13)20-18(21)24-11-16(22)12-7-3-5-9-14(12)19/h3-10H,2,11H2,1H3. The number of benzene rings is 2. The van der Waals surface area contributed by atoms with Crippen LogP contribution in [0.2, 0.25) is 0 Å². The lowest BCUT2D eigenvalue weighted by Gasteiger charge is -2.11. The third-order valence-electron chi connectivity index (χ3n) is 3.65. The Morgan fingerprint density at radius 1 is 1.17 bits per heavy atom. The van der Waals surface area contributed by atoms with Crippen molar-refractivity contribution in [3.8, 4) is 0 Å². The number of hydrogen-bond donors (Lipinski definition) is 0. The number of nitrogens with zero attached hydrogens (tertiary/aromatic N) is 2. The summed E-state index contributed by atoms with van der Waals surface area (Å²) in [5, 5.41) is 1.01. The Bertz CT molecular complexity index is 969.